The molecule has 0 fully saturated rings. The summed E-state index contributed by atoms with van der Waals surface area (Å²) in [5, 5.41) is 12.3. The van der Waals surface area contributed by atoms with Gasteiger partial charge in [-0.1, -0.05) is 45.4 Å². The van der Waals surface area contributed by atoms with Crippen molar-refractivity contribution in [1.29, 1.82) is 0 Å². The number of rotatable bonds is 12. The summed E-state index contributed by atoms with van der Waals surface area (Å²) in [6.07, 6.45) is 7.88. The predicted molar refractivity (Wildman–Crippen MR) is 81.1 cm³/mol. The second-order valence-corrected chi connectivity index (χ2v) is 5.29. The van der Waals surface area contributed by atoms with E-state index in [2.05, 4.69) is 12.2 Å². The van der Waals surface area contributed by atoms with Crippen LogP contribution < -0.4 is 5.32 Å². The third-order valence-corrected chi connectivity index (χ3v) is 3.83. The molecular weight excluding hydrogens is 256 g/mol. The number of hydrogen-bond donors (Lipinski definition) is 2. The van der Waals surface area contributed by atoms with Crippen molar-refractivity contribution < 1.29 is 14.7 Å². The minimum atomic E-state index is -1.03. The lowest BCUT2D eigenvalue weighted by molar-refractivity contribution is -0.109. The van der Waals surface area contributed by atoms with Crippen LogP contribution in [0.4, 0.5) is 4.79 Å². The standard InChI is InChI=1S/C15H30N2O3/c1-4-5-6-7-8-9-10-14(16-3)13(2)17(11-12-18)15(19)20/h12-14,16H,4-11H2,1-3H3,(H,19,20). The van der Waals surface area contributed by atoms with Crippen molar-refractivity contribution in [2.24, 2.45) is 0 Å². The Morgan fingerprint density at radius 1 is 1.25 bits per heavy atom. The van der Waals surface area contributed by atoms with Gasteiger partial charge in [-0.15, -0.1) is 0 Å². The van der Waals surface area contributed by atoms with E-state index >= 15 is 0 Å². The highest BCUT2D eigenvalue weighted by atomic mass is 16.4. The first kappa shape index (κ1) is 18.9. The van der Waals surface area contributed by atoms with Crippen molar-refractivity contribution in [2.75, 3.05) is 13.6 Å². The molecule has 5 heteroatoms. The van der Waals surface area contributed by atoms with Gasteiger partial charge in [-0.3, -0.25) is 4.90 Å². The van der Waals surface area contributed by atoms with Crippen molar-refractivity contribution in [3.05, 3.63) is 0 Å². The lowest BCUT2D eigenvalue weighted by Gasteiger charge is -2.31. The molecular formula is C15H30N2O3. The molecule has 0 bridgehead atoms. The molecule has 2 unspecified atom stereocenters. The maximum absolute atomic E-state index is 11.1. The number of carbonyl (C=O) groups is 2. The molecule has 5 nitrogen and oxygen atoms in total. The van der Waals surface area contributed by atoms with E-state index in [9.17, 15) is 9.59 Å². The van der Waals surface area contributed by atoms with Crippen LogP contribution in [-0.2, 0) is 4.79 Å². The Balaban J connectivity index is 4.15. The second kappa shape index (κ2) is 11.7. The van der Waals surface area contributed by atoms with E-state index in [1.165, 1.54) is 37.0 Å². The zero-order valence-corrected chi connectivity index (χ0v) is 13.1. The summed E-state index contributed by atoms with van der Waals surface area (Å²) in [5.74, 6) is 0. The van der Waals surface area contributed by atoms with Crippen molar-refractivity contribution in [3.63, 3.8) is 0 Å². The molecule has 0 aliphatic heterocycles. The third-order valence-electron chi connectivity index (χ3n) is 3.83. The van der Waals surface area contributed by atoms with Gasteiger partial charge in [0.2, 0.25) is 0 Å². The van der Waals surface area contributed by atoms with Gasteiger partial charge in [0.25, 0.3) is 0 Å². The topological polar surface area (TPSA) is 69.6 Å². The molecule has 2 N–H and O–H groups in total. The first-order valence-electron chi connectivity index (χ1n) is 7.68. The molecule has 0 saturated carbocycles. The van der Waals surface area contributed by atoms with Gasteiger partial charge >= 0.3 is 6.09 Å². The van der Waals surface area contributed by atoms with Crippen LogP contribution in [0.25, 0.3) is 0 Å². The molecule has 0 aliphatic rings. The molecule has 0 aromatic heterocycles. The maximum Gasteiger partial charge on any atom is 0.407 e. The molecule has 0 aromatic carbocycles. The monoisotopic (exact) mass is 286 g/mol. The average molecular weight is 286 g/mol. The molecule has 0 spiro atoms. The van der Waals surface area contributed by atoms with Crippen LogP contribution in [0.1, 0.15) is 58.8 Å². The molecule has 118 valence electrons. The van der Waals surface area contributed by atoms with E-state index < -0.39 is 6.09 Å². The van der Waals surface area contributed by atoms with Gasteiger partial charge in [-0.25, -0.2) is 4.79 Å². The molecule has 0 aliphatic carbocycles. The van der Waals surface area contributed by atoms with E-state index in [0.29, 0.717) is 6.29 Å². The highest BCUT2D eigenvalue weighted by Crippen LogP contribution is 2.13. The predicted octanol–water partition coefficient (Wildman–Crippen LogP) is 2.89. The van der Waals surface area contributed by atoms with Crippen molar-refractivity contribution >= 4 is 12.4 Å². The zero-order chi connectivity index (χ0) is 15.4. The van der Waals surface area contributed by atoms with Crippen LogP contribution in [0, 0.1) is 0 Å². The zero-order valence-electron chi connectivity index (χ0n) is 13.1. The molecule has 0 saturated heterocycles. The van der Waals surface area contributed by atoms with Crippen LogP contribution in [0.2, 0.25) is 0 Å². The molecule has 2 atom stereocenters. The first-order chi connectivity index (χ1) is 9.58. The van der Waals surface area contributed by atoms with Crippen LogP contribution >= 0.6 is 0 Å². The van der Waals surface area contributed by atoms with E-state index in [-0.39, 0.29) is 18.6 Å². The van der Waals surface area contributed by atoms with Crippen molar-refractivity contribution in [2.45, 2.75) is 70.9 Å². The van der Waals surface area contributed by atoms with Gasteiger partial charge in [0.15, 0.2) is 0 Å². The smallest absolute Gasteiger partial charge is 0.407 e. The van der Waals surface area contributed by atoms with Crippen LogP contribution in [0.3, 0.4) is 0 Å². The highest BCUT2D eigenvalue weighted by molar-refractivity contribution is 5.69. The van der Waals surface area contributed by atoms with Crippen LogP contribution in [-0.4, -0.2) is 48.1 Å². The summed E-state index contributed by atoms with van der Waals surface area (Å²) < 4.78 is 0. The fraction of sp³-hybridized carbons (Fsp3) is 0.867. The number of hydrogen-bond acceptors (Lipinski definition) is 3. The second-order valence-electron chi connectivity index (χ2n) is 5.29. The minimum absolute atomic E-state index is 0.0643. The van der Waals surface area contributed by atoms with Gasteiger partial charge in [0, 0.05) is 12.1 Å². The fourth-order valence-corrected chi connectivity index (χ4v) is 2.49. The van der Waals surface area contributed by atoms with Crippen molar-refractivity contribution in [3.8, 4) is 0 Å². The quantitative estimate of drug-likeness (QED) is 0.427. The normalized spacial score (nSPS) is 13.8. The van der Waals surface area contributed by atoms with E-state index in [4.69, 9.17) is 5.11 Å². The number of likely N-dealkylation sites (N-methyl/N-ethyl adjacent to an activating group) is 1. The number of unbranched alkanes of at least 4 members (excludes halogenated alkanes) is 5. The van der Waals surface area contributed by atoms with E-state index in [1.54, 1.807) is 0 Å². The summed E-state index contributed by atoms with van der Waals surface area (Å²) in [7, 11) is 1.85. The summed E-state index contributed by atoms with van der Waals surface area (Å²) in [6, 6.07) is -0.101. The largest absolute Gasteiger partial charge is 0.465 e. The average Bonchev–Trinajstić information content (AvgIpc) is 2.43. The Hall–Kier alpha value is -1.10. The molecule has 0 radical (unpaired) electrons. The lowest BCUT2D eigenvalue weighted by Crippen LogP contribution is -2.50. The Bertz CT molecular complexity index is 272. The number of carboxylic acid groups (broad SMARTS) is 1. The Morgan fingerprint density at radius 3 is 2.35 bits per heavy atom. The molecule has 0 heterocycles. The molecule has 20 heavy (non-hydrogen) atoms. The maximum atomic E-state index is 11.1. The minimum Gasteiger partial charge on any atom is -0.465 e. The SMILES string of the molecule is CCCCCCCCC(NC)C(C)N(CC=O)C(=O)O. The Labute approximate surface area is 122 Å². The van der Waals surface area contributed by atoms with E-state index in [0.717, 1.165) is 12.8 Å². The summed E-state index contributed by atoms with van der Waals surface area (Å²) in [4.78, 5) is 22.9. The number of nitrogens with zero attached hydrogens (tertiary/aromatic N) is 1. The molecule has 1 amide bonds. The molecule has 0 aromatic rings. The van der Waals surface area contributed by atoms with Crippen LogP contribution in [0.15, 0.2) is 0 Å². The lowest BCUT2D eigenvalue weighted by atomic mass is 10.0. The summed E-state index contributed by atoms with van der Waals surface area (Å²) in [5.41, 5.74) is 0. The Morgan fingerprint density at radius 2 is 1.85 bits per heavy atom. The first-order valence-corrected chi connectivity index (χ1v) is 7.68. The van der Waals surface area contributed by atoms with E-state index in [1.807, 2.05) is 14.0 Å². The third kappa shape index (κ3) is 7.48. The van der Waals surface area contributed by atoms with Crippen molar-refractivity contribution in [1.82, 2.24) is 10.2 Å². The molecule has 0 rings (SSSR count). The van der Waals surface area contributed by atoms with Gasteiger partial charge < -0.3 is 15.2 Å². The van der Waals surface area contributed by atoms with Crippen LogP contribution in [0.5, 0.6) is 0 Å². The number of carbonyl (C=O) groups excluding carboxylic acids is 1. The number of amides is 1. The van der Waals surface area contributed by atoms with Gasteiger partial charge in [0.05, 0.1) is 6.54 Å². The Kier molecular flexibility index (Phi) is 11.1. The number of aldehydes is 1. The highest BCUT2D eigenvalue weighted by Gasteiger charge is 2.25. The van der Waals surface area contributed by atoms with Gasteiger partial charge in [-0.05, 0) is 20.4 Å². The van der Waals surface area contributed by atoms with Gasteiger partial charge in [0.1, 0.15) is 6.29 Å². The fourth-order valence-electron chi connectivity index (χ4n) is 2.49. The van der Waals surface area contributed by atoms with Gasteiger partial charge in [-0.2, -0.15) is 0 Å². The number of nitrogens with one attached hydrogen (secondary N) is 1. The summed E-state index contributed by atoms with van der Waals surface area (Å²) >= 11 is 0. The summed E-state index contributed by atoms with van der Waals surface area (Å²) in [6.45, 7) is 3.99.